The number of carbonyl (C=O) groups excluding carboxylic acids is 2. The molecular formula is C18H12F2O8S2. The van der Waals surface area contributed by atoms with E-state index < -0.39 is 63.9 Å². The third-order valence-corrected chi connectivity index (χ3v) is 4.55. The molecule has 2 aromatic rings. The predicted octanol–water partition coefficient (Wildman–Crippen LogP) is 2.89. The molecule has 2 rings (SSSR count). The maximum Gasteiger partial charge on any atom is 0.339 e. The monoisotopic (exact) mass is 458 g/mol. The lowest BCUT2D eigenvalue weighted by Crippen LogP contribution is -2.15. The fraction of sp³-hybridized carbons (Fsp3) is 0.111. The van der Waals surface area contributed by atoms with E-state index in [2.05, 4.69) is 17.4 Å². The normalized spacial score (nSPS) is 10.4. The molecule has 8 nitrogen and oxygen atoms in total. The number of thioether (sulfide) groups is 1. The van der Waals surface area contributed by atoms with E-state index >= 15 is 0 Å². The van der Waals surface area contributed by atoms with Gasteiger partial charge in [0.05, 0.1) is 11.5 Å². The zero-order valence-corrected chi connectivity index (χ0v) is 16.5. The van der Waals surface area contributed by atoms with Crippen LogP contribution in [0.4, 0.5) is 8.78 Å². The number of halogens is 2. The van der Waals surface area contributed by atoms with Crippen LogP contribution in [0.15, 0.2) is 35.2 Å². The first-order chi connectivity index (χ1) is 14.1. The van der Waals surface area contributed by atoms with E-state index in [1.807, 2.05) is 0 Å². The van der Waals surface area contributed by atoms with Gasteiger partial charge in [-0.05, 0) is 30.3 Å². The van der Waals surface area contributed by atoms with Crippen LogP contribution in [0, 0.1) is 11.6 Å². The first-order valence-corrected chi connectivity index (χ1v) is 9.49. The molecule has 0 heterocycles. The Hall–Kier alpha value is -3.12. The van der Waals surface area contributed by atoms with Crippen LogP contribution in [0.1, 0.15) is 20.7 Å². The minimum atomic E-state index is -1.57. The third-order valence-electron chi connectivity index (χ3n) is 3.35. The zero-order chi connectivity index (χ0) is 22.4. The highest BCUT2D eigenvalue weighted by molar-refractivity contribution is 8.00. The van der Waals surface area contributed by atoms with Gasteiger partial charge in [-0.25, -0.2) is 18.4 Å². The Morgan fingerprint density at radius 1 is 0.933 bits per heavy atom. The van der Waals surface area contributed by atoms with E-state index in [0.29, 0.717) is 17.8 Å². The molecule has 30 heavy (non-hydrogen) atoms. The molecule has 0 aromatic heterocycles. The van der Waals surface area contributed by atoms with Crippen molar-refractivity contribution in [2.24, 2.45) is 0 Å². The lowest BCUT2D eigenvalue weighted by atomic mass is 10.2. The predicted molar refractivity (Wildman–Crippen MR) is 103 cm³/mol. The van der Waals surface area contributed by atoms with Gasteiger partial charge in [-0.2, -0.15) is 12.6 Å². The zero-order valence-electron chi connectivity index (χ0n) is 14.8. The van der Waals surface area contributed by atoms with Gasteiger partial charge in [-0.15, -0.1) is 11.8 Å². The van der Waals surface area contributed by atoms with Crippen molar-refractivity contribution in [3.05, 3.63) is 53.1 Å². The van der Waals surface area contributed by atoms with Gasteiger partial charge in [-0.3, -0.25) is 9.59 Å². The lowest BCUT2D eigenvalue weighted by Gasteiger charge is -2.11. The van der Waals surface area contributed by atoms with Crippen LogP contribution in [-0.2, 0) is 9.59 Å². The molecule has 2 aromatic carbocycles. The molecule has 158 valence electrons. The molecule has 0 aliphatic carbocycles. The molecule has 0 saturated carbocycles. The number of ether oxygens (including phenoxy) is 2. The van der Waals surface area contributed by atoms with Gasteiger partial charge in [0.1, 0.15) is 22.7 Å². The van der Waals surface area contributed by atoms with E-state index in [1.54, 1.807) is 0 Å². The molecule has 12 heteroatoms. The Balaban J connectivity index is 2.16. The second-order valence-corrected chi connectivity index (χ2v) is 6.79. The number of aromatic carboxylic acids is 2. The van der Waals surface area contributed by atoms with Gasteiger partial charge in [0, 0.05) is 4.90 Å². The summed E-state index contributed by atoms with van der Waals surface area (Å²) in [5, 5.41) is 18.2. The summed E-state index contributed by atoms with van der Waals surface area (Å²) in [6.07, 6.45) is 0. The molecule has 0 atom stereocenters. The number of carbonyl (C=O) groups is 4. The number of carboxylic acid groups (broad SMARTS) is 2. The molecule has 0 unspecified atom stereocenters. The average molecular weight is 458 g/mol. The third kappa shape index (κ3) is 5.94. The number of hydrogen-bond acceptors (Lipinski definition) is 8. The summed E-state index contributed by atoms with van der Waals surface area (Å²) in [7, 11) is 0. The van der Waals surface area contributed by atoms with Crippen molar-refractivity contribution in [3.8, 4) is 11.5 Å². The number of rotatable bonds is 8. The molecular weight excluding hydrogens is 446 g/mol. The summed E-state index contributed by atoms with van der Waals surface area (Å²) in [5.74, 6) is -9.00. The van der Waals surface area contributed by atoms with Crippen molar-refractivity contribution in [2.45, 2.75) is 4.90 Å². The Bertz CT molecular complexity index is 1030. The highest BCUT2D eigenvalue weighted by atomic mass is 32.2. The summed E-state index contributed by atoms with van der Waals surface area (Å²) in [4.78, 5) is 45.7. The molecule has 0 bridgehead atoms. The van der Waals surface area contributed by atoms with E-state index in [4.69, 9.17) is 9.84 Å². The van der Waals surface area contributed by atoms with Crippen molar-refractivity contribution in [2.75, 3.05) is 11.5 Å². The molecule has 2 N–H and O–H groups in total. The smallest absolute Gasteiger partial charge is 0.339 e. The number of benzene rings is 2. The molecule has 0 radical (unpaired) electrons. The van der Waals surface area contributed by atoms with Gasteiger partial charge in [0.15, 0.2) is 11.6 Å². The van der Waals surface area contributed by atoms with E-state index in [-0.39, 0.29) is 10.6 Å². The molecule has 0 amide bonds. The molecule has 0 aliphatic rings. The van der Waals surface area contributed by atoms with Crippen LogP contribution in [-0.4, -0.2) is 45.6 Å². The maximum atomic E-state index is 14.2. The fourth-order valence-electron chi connectivity index (χ4n) is 2.11. The van der Waals surface area contributed by atoms with E-state index in [0.717, 1.165) is 24.3 Å². The van der Waals surface area contributed by atoms with Gasteiger partial charge in [0.2, 0.25) is 0 Å². The van der Waals surface area contributed by atoms with Crippen LogP contribution >= 0.6 is 24.4 Å². The SMILES string of the molecule is O=C(CSc1cc(F)c(OC(=O)CS)c(C(=O)O)c1)Oc1ccc(F)cc1C(=O)O. The van der Waals surface area contributed by atoms with Crippen molar-refractivity contribution >= 4 is 48.3 Å². The largest absolute Gasteiger partial charge is 0.478 e. The minimum Gasteiger partial charge on any atom is -0.478 e. The lowest BCUT2D eigenvalue weighted by molar-refractivity contribution is -0.132. The summed E-state index contributed by atoms with van der Waals surface area (Å²) in [5.41, 5.74) is -1.21. The van der Waals surface area contributed by atoms with Gasteiger partial charge >= 0.3 is 23.9 Å². The van der Waals surface area contributed by atoms with Crippen LogP contribution in [0.3, 0.4) is 0 Å². The van der Waals surface area contributed by atoms with Crippen molar-refractivity contribution in [3.63, 3.8) is 0 Å². The highest BCUT2D eigenvalue weighted by Crippen LogP contribution is 2.30. The van der Waals surface area contributed by atoms with Crippen molar-refractivity contribution in [1.29, 1.82) is 0 Å². The summed E-state index contributed by atoms with van der Waals surface area (Å²) >= 11 is 4.34. The minimum absolute atomic E-state index is 0.00471. The molecule has 0 fully saturated rings. The van der Waals surface area contributed by atoms with Crippen LogP contribution < -0.4 is 9.47 Å². The summed E-state index contributed by atoms with van der Waals surface area (Å²) in [6.45, 7) is 0. The molecule has 0 spiro atoms. The van der Waals surface area contributed by atoms with Crippen LogP contribution in [0.25, 0.3) is 0 Å². The Morgan fingerprint density at radius 2 is 1.60 bits per heavy atom. The van der Waals surface area contributed by atoms with Crippen molar-refractivity contribution < 1.29 is 47.6 Å². The Kier molecular flexibility index (Phi) is 7.78. The Labute approximate surface area is 177 Å². The van der Waals surface area contributed by atoms with Crippen LogP contribution in [0.5, 0.6) is 11.5 Å². The fourth-order valence-corrected chi connectivity index (χ4v) is 2.91. The molecule has 0 saturated heterocycles. The summed E-state index contributed by atoms with van der Waals surface area (Å²) < 4.78 is 36.9. The van der Waals surface area contributed by atoms with Gasteiger partial charge in [-0.1, -0.05) is 0 Å². The van der Waals surface area contributed by atoms with Gasteiger partial charge in [0.25, 0.3) is 0 Å². The number of carboxylic acids is 2. The van der Waals surface area contributed by atoms with E-state index in [1.165, 1.54) is 0 Å². The quantitative estimate of drug-likeness (QED) is 0.237. The second kappa shape index (κ2) is 10.1. The molecule has 0 aliphatic heterocycles. The highest BCUT2D eigenvalue weighted by Gasteiger charge is 2.21. The second-order valence-electron chi connectivity index (χ2n) is 5.43. The van der Waals surface area contributed by atoms with E-state index in [9.17, 15) is 33.1 Å². The first-order valence-electron chi connectivity index (χ1n) is 7.87. The number of thiol groups is 1. The maximum absolute atomic E-state index is 14.2. The van der Waals surface area contributed by atoms with Gasteiger partial charge < -0.3 is 19.7 Å². The van der Waals surface area contributed by atoms with Crippen molar-refractivity contribution in [1.82, 2.24) is 0 Å². The average Bonchev–Trinajstić information content (AvgIpc) is 2.68. The number of esters is 2. The first kappa shape index (κ1) is 23.2. The topological polar surface area (TPSA) is 127 Å². The Morgan fingerprint density at radius 3 is 2.20 bits per heavy atom. The summed E-state index contributed by atoms with van der Waals surface area (Å²) in [6, 6.07) is 4.39. The standard InChI is InChI=1S/C18H12F2O8S2/c19-8-1-2-13(10(3-8)17(23)24)27-15(22)7-30-9-4-11(18(25)26)16(12(20)5-9)28-14(21)6-29/h1-5,29H,6-7H2,(H,23,24)(H,25,26). The number of hydrogen-bond donors (Lipinski definition) is 3. The van der Waals surface area contributed by atoms with Crippen LogP contribution in [0.2, 0.25) is 0 Å².